The fraction of sp³-hybridized carbons (Fsp3) is 0.909. The van der Waals surface area contributed by atoms with E-state index in [4.69, 9.17) is 5.73 Å². The molecule has 0 aliphatic rings. The first-order chi connectivity index (χ1) is 6.43. The highest BCUT2D eigenvalue weighted by Gasteiger charge is 2.21. The van der Waals surface area contributed by atoms with Crippen LogP contribution < -0.4 is 11.1 Å². The first kappa shape index (κ1) is 13.4. The first-order valence-corrected chi connectivity index (χ1v) is 5.50. The van der Waals surface area contributed by atoms with Crippen molar-refractivity contribution in [2.75, 3.05) is 0 Å². The second kappa shape index (κ2) is 6.02. The van der Waals surface area contributed by atoms with Crippen molar-refractivity contribution in [1.29, 1.82) is 0 Å². The molecule has 3 nitrogen and oxygen atoms in total. The van der Waals surface area contributed by atoms with Gasteiger partial charge in [0.2, 0.25) is 5.91 Å². The van der Waals surface area contributed by atoms with E-state index in [2.05, 4.69) is 26.1 Å². The number of hydrogen-bond acceptors (Lipinski definition) is 2. The summed E-state index contributed by atoms with van der Waals surface area (Å²) in [5.74, 6) is 0.119. The van der Waals surface area contributed by atoms with Gasteiger partial charge in [-0.2, -0.15) is 0 Å². The van der Waals surface area contributed by atoms with E-state index in [1.54, 1.807) is 0 Å². The Kier molecular flexibility index (Phi) is 5.77. The van der Waals surface area contributed by atoms with Gasteiger partial charge in [-0.05, 0) is 33.1 Å². The number of nitrogens with one attached hydrogen (secondary N) is 1. The van der Waals surface area contributed by atoms with Crippen LogP contribution in [0.4, 0.5) is 0 Å². The van der Waals surface area contributed by atoms with Crippen LogP contribution in [0.1, 0.15) is 53.4 Å². The summed E-state index contributed by atoms with van der Waals surface area (Å²) >= 11 is 0. The third-order valence-electron chi connectivity index (χ3n) is 2.83. The quantitative estimate of drug-likeness (QED) is 0.687. The summed E-state index contributed by atoms with van der Waals surface area (Å²) in [6, 6.07) is 0.107. The number of amides is 1. The van der Waals surface area contributed by atoms with Crippen LogP contribution in [-0.2, 0) is 4.79 Å². The lowest BCUT2D eigenvalue weighted by molar-refractivity contribution is -0.123. The van der Waals surface area contributed by atoms with E-state index in [-0.39, 0.29) is 17.5 Å². The van der Waals surface area contributed by atoms with Crippen molar-refractivity contribution in [3.05, 3.63) is 0 Å². The summed E-state index contributed by atoms with van der Waals surface area (Å²) in [6.45, 7) is 8.19. The van der Waals surface area contributed by atoms with Crippen LogP contribution in [0.2, 0.25) is 0 Å². The van der Waals surface area contributed by atoms with Gasteiger partial charge >= 0.3 is 0 Å². The Morgan fingerprint density at radius 1 is 1.43 bits per heavy atom. The Labute approximate surface area is 87.4 Å². The summed E-state index contributed by atoms with van der Waals surface area (Å²) < 4.78 is 0. The van der Waals surface area contributed by atoms with Crippen LogP contribution in [0.15, 0.2) is 0 Å². The Bertz CT molecular complexity index is 174. The van der Waals surface area contributed by atoms with E-state index in [0.29, 0.717) is 6.42 Å². The van der Waals surface area contributed by atoms with Crippen LogP contribution in [0, 0.1) is 0 Å². The summed E-state index contributed by atoms with van der Waals surface area (Å²) in [4.78, 5) is 11.5. The monoisotopic (exact) mass is 200 g/mol. The van der Waals surface area contributed by atoms with E-state index in [0.717, 1.165) is 19.3 Å². The van der Waals surface area contributed by atoms with Gasteiger partial charge in [-0.3, -0.25) is 4.79 Å². The molecule has 1 atom stereocenters. The van der Waals surface area contributed by atoms with E-state index in [9.17, 15) is 4.79 Å². The highest BCUT2D eigenvalue weighted by molar-refractivity contribution is 5.76. The normalized spacial score (nSPS) is 13.8. The minimum atomic E-state index is -0.0467. The van der Waals surface area contributed by atoms with Crippen LogP contribution in [-0.4, -0.2) is 17.5 Å². The number of carbonyl (C=O) groups is 1. The summed E-state index contributed by atoms with van der Waals surface area (Å²) in [6.07, 6.45) is 3.23. The van der Waals surface area contributed by atoms with Gasteiger partial charge in [-0.1, -0.05) is 13.8 Å². The van der Waals surface area contributed by atoms with Crippen LogP contribution >= 0.6 is 0 Å². The molecule has 1 unspecified atom stereocenters. The smallest absolute Gasteiger partial charge is 0.220 e. The molecule has 0 fully saturated rings. The van der Waals surface area contributed by atoms with Gasteiger partial charge in [0.1, 0.15) is 0 Å². The van der Waals surface area contributed by atoms with Gasteiger partial charge in [-0.25, -0.2) is 0 Å². The van der Waals surface area contributed by atoms with Gasteiger partial charge in [0.25, 0.3) is 0 Å². The Morgan fingerprint density at radius 2 is 1.93 bits per heavy atom. The average Bonchev–Trinajstić information content (AvgIpc) is 2.14. The molecule has 3 heteroatoms. The minimum absolute atomic E-state index is 0.0467. The number of carbonyl (C=O) groups excluding carboxylic acids is 1. The van der Waals surface area contributed by atoms with Crippen LogP contribution in [0.3, 0.4) is 0 Å². The fourth-order valence-electron chi connectivity index (χ4n) is 1.18. The maximum absolute atomic E-state index is 11.5. The Hall–Kier alpha value is -0.570. The lowest BCUT2D eigenvalue weighted by Crippen LogP contribution is -2.45. The van der Waals surface area contributed by atoms with Crippen molar-refractivity contribution in [2.24, 2.45) is 5.73 Å². The van der Waals surface area contributed by atoms with Crippen molar-refractivity contribution in [1.82, 2.24) is 5.32 Å². The molecule has 0 spiro atoms. The van der Waals surface area contributed by atoms with Gasteiger partial charge in [0.15, 0.2) is 0 Å². The van der Waals surface area contributed by atoms with Crippen molar-refractivity contribution in [2.45, 2.75) is 65.0 Å². The van der Waals surface area contributed by atoms with Crippen molar-refractivity contribution in [3.63, 3.8) is 0 Å². The zero-order valence-electron chi connectivity index (χ0n) is 9.89. The molecule has 0 aromatic carbocycles. The van der Waals surface area contributed by atoms with Crippen LogP contribution in [0.5, 0.6) is 0 Å². The highest BCUT2D eigenvalue weighted by atomic mass is 16.1. The van der Waals surface area contributed by atoms with Crippen molar-refractivity contribution in [3.8, 4) is 0 Å². The Balaban J connectivity index is 3.92. The predicted octanol–water partition coefficient (Wildman–Crippen LogP) is 1.81. The number of hydrogen-bond donors (Lipinski definition) is 2. The maximum Gasteiger partial charge on any atom is 0.220 e. The van der Waals surface area contributed by atoms with Gasteiger partial charge in [0, 0.05) is 18.0 Å². The fourth-order valence-corrected chi connectivity index (χ4v) is 1.18. The van der Waals surface area contributed by atoms with E-state index >= 15 is 0 Å². The van der Waals surface area contributed by atoms with Crippen molar-refractivity contribution < 1.29 is 4.79 Å². The molecule has 0 aromatic heterocycles. The SMILES string of the molecule is CCC(C)(CC)NC(=O)CCC(C)N. The van der Waals surface area contributed by atoms with Crippen molar-refractivity contribution >= 4 is 5.91 Å². The third kappa shape index (κ3) is 5.22. The molecule has 3 N–H and O–H groups in total. The topological polar surface area (TPSA) is 55.1 Å². The molecular formula is C11H24N2O. The molecule has 0 aliphatic carbocycles. The number of rotatable bonds is 6. The third-order valence-corrected chi connectivity index (χ3v) is 2.83. The predicted molar refractivity (Wildman–Crippen MR) is 60.0 cm³/mol. The minimum Gasteiger partial charge on any atom is -0.351 e. The zero-order chi connectivity index (χ0) is 11.2. The molecule has 0 radical (unpaired) electrons. The summed E-state index contributed by atoms with van der Waals surface area (Å²) in [5.41, 5.74) is 5.54. The van der Waals surface area contributed by atoms with Gasteiger partial charge < -0.3 is 11.1 Å². The zero-order valence-corrected chi connectivity index (χ0v) is 9.89. The molecule has 1 amide bonds. The molecule has 14 heavy (non-hydrogen) atoms. The highest BCUT2D eigenvalue weighted by Crippen LogP contribution is 2.13. The molecule has 0 aliphatic heterocycles. The summed E-state index contributed by atoms with van der Waals surface area (Å²) in [5, 5.41) is 3.05. The lowest BCUT2D eigenvalue weighted by atomic mass is 9.95. The molecule has 0 aromatic rings. The van der Waals surface area contributed by atoms with Gasteiger partial charge in [-0.15, -0.1) is 0 Å². The van der Waals surface area contributed by atoms with E-state index < -0.39 is 0 Å². The van der Waals surface area contributed by atoms with Crippen LogP contribution in [0.25, 0.3) is 0 Å². The second-order valence-electron chi connectivity index (χ2n) is 4.33. The molecule has 0 saturated heterocycles. The number of nitrogens with two attached hydrogens (primary N) is 1. The largest absolute Gasteiger partial charge is 0.351 e. The maximum atomic E-state index is 11.5. The average molecular weight is 200 g/mol. The second-order valence-corrected chi connectivity index (χ2v) is 4.33. The molecule has 0 bridgehead atoms. The first-order valence-electron chi connectivity index (χ1n) is 5.50. The molecule has 0 saturated carbocycles. The summed E-state index contributed by atoms with van der Waals surface area (Å²) in [7, 11) is 0. The van der Waals surface area contributed by atoms with E-state index in [1.165, 1.54) is 0 Å². The molecule has 0 heterocycles. The molecular weight excluding hydrogens is 176 g/mol. The van der Waals surface area contributed by atoms with E-state index in [1.807, 2.05) is 6.92 Å². The Morgan fingerprint density at radius 3 is 2.29 bits per heavy atom. The lowest BCUT2D eigenvalue weighted by Gasteiger charge is -2.28. The molecule has 0 rings (SSSR count). The standard InChI is InChI=1S/C11H24N2O/c1-5-11(4,6-2)13-10(14)8-7-9(3)12/h9H,5-8,12H2,1-4H3,(H,13,14). The van der Waals surface area contributed by atoms with Gasteiger partial charge in [0.05, 0.1) is 0 Å². The molecule has 84 valence electrons.